The summed E-state index contributed by atoms with van der Waals surface area (Å²) in [6.45, 7) is 1.59. The van der Waals surface area contributed by atoms with Crippen molar-refractivity contribution < 1.29 is 19.8 Å². The number of nitrogens with one attached hydrogen (secondary N) is 1. The lowest BCUT2D eigenvalue weighted by atomic mass is 10.1. The van der Waals surface area contributed by atoms with E-state index in [9.17, 15) is 19.5 Å². The van der Waals surface area contributed by atoms with E-state index in [0.717, 1.165) is 0 Å². The van der Waals surface area contributed by atoms with Gasteiger partial charge in [0.2, 0.25) is 0 Å². The molecule has 0 aliphatic rings. The van der Waals surface area contributed by atoms with E-state index in [4.69, 9.17) is 5.11 Å². The highest BCUT2D eigenvalue weighted by Crippen LogP contribution is 2.25. The van der Waals surface area contributed by atoms with Crippen LogP contribution in [-0.4, -0.2) is 32.7 Å². The van der Waals surface area contributed by atoms with Crippen molar-refractivity contribution in [1.29, 1.82) is 0 Å². The topological polar surface area (TPSA) is 109 Å². The Bertz CT molecular complexity index is 809. The largest absolute Gasteiger partial charge is 0.506 e. The minimum absolute atomic E-state index is 0.162. The summed E-state index contributed by atoms with van der Waals surface area (Å²) in [5.41, 5.74) is -0.665. The van der Waals surface area contributed by atoms with Crippen molar-refractivity contribution in [2.75, 3.05) is 0 Å². The van der Waals surface area contributed by atoms with Crippen LogP contribution in [0, 0.1) is 0 Å². The van der Waals surface area contributed by atoms with Crippen LogP contribution < -0.4 is 10.9 Å². The van der Waals surface area contributed by atoms with Gasteiger partial charge in [0.05, 0.1) is 5.52 Å². The molecule has 0 fully saturated rings. The molecule has 7 heteroatoms. The molecule has 1 atom stereocenters. The number of carbonyl (C=O) groups excluding carboxylic acids is 1. The maximum absolute atomic E-state index is 12.3. The molecule has 2 aromatic rings. The fourth-order valence-corrected chi connectivity index (χ4v) is 2.25. The molecular weight excluding hydrogens is 288 g/mol. The van der Waals surface area contributed by atoms with Gasteiger partial charge in [0.25, 0.3) is 11.5 Å². The molecule has 3 N–H and O–H groups in total. The lowest BCUT2D eigenvalue weighted by molar-refractivity contribution is -0.139. The molecule has 1 unspecified atom stereocenters. The number of hydrogen-bond donors (Lipinski definition) is 3. The highest BCUT2D eigenvalue weighted by atomic mass is 16.4. The smallest absolute Gasteiger partial charge is 0.326 e. The zero-order valence-electron chi connectivity index (χ0n) is 12.2. The van der Waals surface area contributed by atoms with E-state index in [-0.39, 0.29) is 6.42 Å². The first-order valence-corrected chi connectivity index (χ1v) is 6.72. The van der Waals surface area contributed by atoms with Crippen molar-refractivity contribution in [3.63, 3.8) is 0 Å². The van der Waals surface area contributed by atoms with Crippen LogP contribution in [0.5, 0.6) is 5.75 Å². The van der Waals surface area contributed by atoms with Gasteiger partial charge in [-0.1, -0.05) is 19.1 Å². The number of aliphatic carboxylic acids is 1. The van der Waals surface area contributed by atoms with Crippen molar-refractivity contribution in [2.45, 2.75) is 19.4 Å². The SMILES string of the molecule is CCC(NC(=O)c1c(O)c2ccccc2n(C)c1=O)C(=O)O. The lowest BCUT2D eigenvalue weighted by Crippen LogP contribution is -2.42. The number of hydrogen-bond acceptors (Lipinski definition) is 4. The summed E-state index contributed by atoms with van der Waals surface area (Å²) in [4.78, 5) is 35.5. The Morgan fingerprint density at radius 3 is 2.55 bits per heavy atom. The van der Waals surface area contributed by atoms with Crippen molar-refractivity contribution in [2.24, 2.45) is 7.05 Å². The molecule has 0 saturated heterocycles. The molecule has 0 radical (unpaired) electrons. The van der Waals surface area contributed by atoms with Crippen molar-refractivity contribution in [3.8, 4) is 5.75 Å². The second-order valence-corrected chi connectivity index (χ2v) is 4.88. The van der Waals surface area contributed by atoms with Gasteiger partial charge in [-0.25, -0.2) is 4.79 Å². The zero-order valence-corrected chi connectivity index (χ0v) is 12.2. The van der Waals surface area contributed by atoms with Gasteiger partial charge in [-0.3, -0.25) is 9.59 Å². The van der Waals surface area contributed by atoms with Gasteiger partial charge < -0.3 is 20.1 Å². The lowest BCUT2D eigenvalue weighted by Gasteiger charge is -2.14. The quantitative estimate of drug-likeness (QED) is 0.775. The first kappa shape index (κ1) is 15.6. The van der Waals surface area contributed by atoms with Crippen molar-refractivity contribution in [1.82, 2.24) is 9.88 Å². The molecule has 22 heavy (non-hydrogen) atoms. The number of amides is 1. The van der Waals surface area contributed by atoms with E-state index in [0.29, 0.717) is 10.9 Å². The predicted octanol–water partition coefficient (Wildman–Crippen LogP) is 0.837. The average molecular weight is 304 g/mol. The standard InChI is InChI=1S/C15H16N2O5/c1-3-9(15(21)22)16-13(19)11-12(18)8-6-4-5-7-10(8)17(2)14(11)20/h4-7,9,18H,3H2,1-2H3,(H,16,19)(H,21,22). The maximum atomic E-state index is 12.3. The van der Waals surface area contributed by atoms with Gasteiger partial charge in [0.15, 0.2) is 0 Å². The Morgan fingerprint density at radius 1 is 1.32 bits per heavy atom. The highest BCUT2D eigenvalue weighted by molar-refractivity contribution is 6.03. The number of carboxylic acids is 1. The first-order valence-electron chi connectivity index (χ1n) is 6.72. The summed E-state index contributed by atoms with van der Waals surface area (Å²) in [5.74, 6) is -2.55. The van der Waals surface area contributed by atoms with Crippen LogP contribution in [0.15, 0.2) is 29.1 Å². The summed E-state index contributed by atoms with van der Waals surface area (Å²) in [6, 6.07) is 5.47. The summed E-state index contributed by atoms with van der Waals surface area (Å²) in [7, 11) is 1.48. The van der Waals surface area contributed by atoms with Crippen molar-refractivity contribution >= 4 is 22.8 Å². The van der Waals surface area contributed by atoms with Crippen LogP contribution in [0.3, 0.4) is 0 Å². The van der Waals surface area contributed by atoms with E-state index < -0.39 is 34.8 Å². The van der Waals surface area contributed by atoms with Crippen LogP contribution in [0.2, 0.25) is 0 Å². The molecule has 0 spiro atoms. The minimum atomic E-state index is -1.20. The monoisotopic (exact) mass is 304 g/mol. The van der Waals surface area contributed by atoms with Crippen LogP contribution in [0.25, 0.3) is 10.9 Å². The summed E-state index contributed by atoms with van der Waals surface area (Å²) in [5, 5.41) is 21.8. The Kier molecular flexibility index (Phi) is 4.16. The summed E-state index contributed by atoms with van der Waals surface area (Å²) < 4.78 is 1.24. The van der Waals surface area contributed by atoms with Gasteiger partial charge in [-0.15, -0.1) is 0 Å². The van der Waals surface area contributed by atoms with Gasteiger partial charge in [-0.05, 0) is 18.6 Å². The number of fused-ring (bicyclic) bond motifs is 1. The number of aromatic nitrogens is 1. The van der Waals surface area contributed by atoms with Crippen LogP contribution in [-0.2, 0) is 11.8 Å². The number of rotatable bonds is 4. The Morgan fingerprint density at radius 2 is 1.95 bits per heavy atom. The van der Waals surface area contributed by atoms with Gasteiger partial charge in [-0.2, -0.15) is 0 Å². The fraction of sp³-hybridized carbons (Fsp3) is 0.267. The third kappa shape index (κ3) is 2.52. The molecule has 1 aromatic carbocycles. The Hall–Kier alpha value is -2.83. The van der Waals surface area contributed by atoms with Gasteiger partial charge in [0, 0.05) is 12.4 Å². The zero-order chi connectivity index (χ0) is 16.4. The number of pyridine rings is 1. The van der Waals surface area contributed by atoms with Gasteiger partial charge >= 0.3 is 5.97 Å². The van der Waals surface area contributed by atoms with Crippen LogP contribution in [0.1, 0.15) is 23.7 Å². The van der Waals surface area contributed by atoms with Crippen LogP contribution in [0.4, 0.5) is 0 Å². The first-order chi connectivity index (χ1) is 10.4. The summed E-state index contributed by atoms with van der Waals surface area (Å²) >= 11 is 0. The van der Waals surface area contributed by atoms with E-state index in [1.165, 1.54) is 11.6 Å². The van der Waals surface area contributed by atoms with Crippen LogP contribution >= 0.6 is 0 Å². The summed E-state index contributed by atoms with van der Waals surface area (Å²) in [6.07, 6.45) is 0.162. The Balaban J connectivity index is 2.58. The van der Waals surface area contributed by atoms with E-state index >= 15 is 0 Å². The minimum Gasteiger partial charge on any atom is -0.506 e. The number of benzene rings is 1. The molecular formula is C15H16N2O5. The molecule has 0 aliphatic heterocycles. The normalized spacial score (nSPS) is 12.1. The number of aryl methyl sites for hydroxylation is 1. The fourth-order valence-electron chi connectivity index (χ4n) is 2.25. The molecule has 0 aliphatic carbocycles. The van der Waals surface area contributed by atoms with Crippen molar-refractivity contribution in [3.05, 3.63) is 40.2 Å². The predicted molar refractivity (Wildman–Crippen MR) is 80.0 cm³/mol. The number of nitrogens with zero attached hydrogens (tertiary/aromatic N) is 1. The maximum Gasteiger partial charge on any atom is 0.326 e. The molecule has 0 saturated carbocycles. The molecule has 0 bridgehead atoms. The molecule has 1 amide bonds. The highest BCUT2D eigenvalue weighted by Gasteiger charge is 2.25. The second kappa shape index (κ2) is 5.88. The number of aromatic hydroxyl groups is 1. The number of carbonyl (C=O) groups is 2. The number of carboxylic acid groups (broad SMARTS) is 1. The van der Waals surface area contributed by atoms with E-state index in [2.05, 4.69) is 5.32 Å². The molecule has 1 heterocycles. The van der Waals surface area contributed by atoms with E-state index in [1.807, 2.05) is 0 Å². The molecule has 116 valence electrons. The molecule has 2 rings (SSSR count). The van der Waals surface area contributed by atoms with E-state index in [1.54, 1.807) is 31.2 Å². The second-order valence-electron chi connectivity index (χ2n) is 4.88. The van der Waals surface area contributed by atoms with Gasteiger partial charge in [0.1, 0.15) is 17.4 Å². The number of para-hydroxylation sites is 1. The molecule has 1 aromatic heterocycles. The molecule has 7 nitrogen and oxygen atoms in total. The third-order valence-electron chi connectivity index (χ3n) is 3.51. The Labute approximate surface area is 125 Å². The third-order valence-corrected chi connectivity index (χ3v) is 3.51. The average Bonchev–Trinajstić information content (AvgIpc) is 2.50.